The van der Waals surface area contributed by atoms with Gasteiger partial charge < -0.3 is 24.4 Å². The third-order valence-corrected chi connectivity index (χ3v) is 1.85. The Morgan fingerprint density at radius 3 is 2.27 bits per heavy atom. The van der Waals surface area contributed by atoms with Crippen molar-refractivity contribution in [2.45, 2.75) is 26.1 Å². The Bertz CT molecular complexity index is 131. The molecule has 0 bridgehead atoms. The van der Waals surface area contributed by atoms with E-state index in [-0.39, 0.29) is 13.2 Å². The van der Waals surface area contributed by atoms with Crippen molar-refractivity contribution in [3.8, 4) is 0 Å². The van der Waals surface area contributed by atoms with Crippen molar-refractivity contribution < 1.29 is 24.4 Å². The van der Waals surface area contributed by atoms with Gasteiger partial charge >= 0.3 is 0 Å². The lowest BCUT2D eigenvalue weighted by Crippen LogP contribution is -2.36. The van der Waals surface area contributed by atoms with Crippen LogP contribution in [0.1, 0.15) is 13.8 Å². The first kappa shape index (κ1) is 14.8. The molecule has 5 nitrogen and oxygen atoms in total. The molecule has 0 aliphatic heterocycles. The van der Waals surface area contributed by atoms with E-state index in [9.17, 15) is 5.11 Å². The van der Waals surface area contributed by atoms with Gasteiger partial charge in [-0.3, -0.25) is 0 Å². The van der Waals surface area contributed by atoms with Crippen LogP contribution in [0.15, 0.2) is 0 Å². The molecule has 0 aliphatic rings. The second-order valence-electron chi connectivity index (χ2n) is 3.02. The third-order valence-electron chi connectivity index (χ3n) is 1.85. The van der Waals surface area contributed by atoms with E-state index in [2.05, 4.69) is 0 Å². The summed E-state index contributed by atoms with van der Waals surface area (Å²) in [6, 6.07) is 0. The van der Waals surface area contributed by atoms with E-state index < -0.39 is 12.2 Å². The Labute approximate surface area is 91.0 Å². The summed E-state index contributed by atoms with van der Waals surface area (Å²) in [6.45, 7) is 5.74. The average molecular weight is 222 g/mol. The highest BCUT2D eigenvalue weighted by Crippen LogP contribution is 1.99. The van der Waals surface area contributed by atoms with Gasteiger partial charge in [-0.2, -0.15) is 0 Å². The quantitative estimate of drug-likeness (QED) is 0.501. The Morgan fingerprint density at radius 1 is 1.07 bits per heavy atom. The molecule has 0 rings (SSSR count). The van der Waals surface area contributed by atoms with Gasteiger partial charge in [-0.25, -0.2) is 0 Å². The number of rotatable bonds is 10. The molecule has 0 amide bonds. The zero-order valence-electron chi connectivity index (χ0n) is 9.52. The predicted octanol–water partition coefficient (Wildman–Crippen LogP) is -0.202. The van der Waals surface area contributed by atoms with E-state index >= 15 is 0 Å². The molecule has 0 fully saturated rings. The fraction of sp³-hybridized carbons (Fsp3) is 1.00. The summed E-state index contributed by atoms with van der Waals surface area (Å²) in [5.74, 6) is 0. The molecular formula is C10H22O5. The molecule has 2 atom stereocenters. The summed E-state index contributed by atoms with van der Waals surface area (Å²) in [6.07, 6.45) is -1.36. The number of aliphatic hydroxyl groups excluding tert-OH is 2. The molecule has 0 spiro atoms. The maximum atomic E-state index is 9.55. The monoisotopic (exact) mass is 222 g/mol. The molecule has 5 heteroatoms. The van der Waals surface area contributed by atoms with E-state index in [1.165, 1.54) is 0 Å². The lowest BCUT2D eigenvalue weighted by molar-refractivity contribution is -0.0913. The van der Waals surface area contributed by atoms with Crippen LogP contribution in [0.25, 0.3) is 0 Å². The smallest absolute Gasteiger partial charge is 0.109 e. The number of aliphatic hydroxyl groups is 2. The number of hydrogen-bond acceptors (Lipinski definition) is 5. The summed E-state index contributed by atoms with van der Waals surface area (Å²) in [7, 11) is 0. The summed E-state index contributed by atoms with van der Waals surface area (Å²) in [5, 5.41) is 18.4. The maximum absolute atomic E-state index is 9.55. The van der Waals surface area contributed by atoms with Crippen molar-refractivity contribution >= 4 is 0 Å². The third kappa shape index (κ3) is 7.70. The van der Waals surface area contributed by atoms with Gasteiger partial charge in [0, 0.05) is 13.2 Å². The van der Waals surface area contributed by atoms with Crippen LogP contribution in [0.2, 0.25) is 0 Å². The van der Waals surface area contributed by atoms with E-state index in [1.54, 1.807) is 0 Å². The van der Waals surface area contributed by atoms with E-state index in [1.807, 2.05) is 13.8 Å². The van der Waals surface area contributed by atoms with Gasteiger partial charge in [0.15, 0.2) is 0 Å². The van der Waals surface area contributed by atoms with Crippen molar-refractivity contribution in [2.24, 2.45) is 0 Å². The van der Waals surface area contributed by atoms with Crippen LogP contribution in [0.4, 0.5) is 0 Å². The van der Waals surface area contributed by atoms with Gasteiger partial charge in [-0.1, -0.05) is 0 Å². The highest BCUT2D eigenvalue weighted by molar-refractivity contribution is 4.67. The van der Waals surface area contributed by atoms with Gasteiger partial charge in [0.25, 0.3) is 0 Å². The Balaban J connectivity index is 3.48. The van der Waals surface area contributed by atoms with Crippen LogP contribution in [0, 0.1) is 0 Å². The van der Waals surface area contributed by atoms with Gasteiger partial charge in [0.2, 0.25) is 0 Å². The fourth-order valence-corrected chi connectivity index (χ4v) is 1.07. The van der Waals surface area contributed by atoms with Crippen LogP contribution in [0.5, 0.6) is 0 Å². The highest BCUT2D eigenvalue weighted by atomic mass is 16.5. The summed E-state index contributed by atoms with van der Waals surface area (Å²) >= 11 is 0. The standard InChI is InChI=1S/C10H22O5/c1-3-13-5-6-14-8-9(12)10(7-11)15-4-2/h9-12H,3-8H2,1-2H3. The SMILES string of the molecule is CCOCCOCC(O)C(CO)OCC. The normalized spacial score (nSPS) is 15.2. The average Bonchev–Trinajstić information content (AvgIpc) is 2.25. The second-order valence-corrected chi connectivity index (χ2v) is 3.02. The second kappa shape index (κ2) is 10.3. The Hall–Kier alpha value is -0.200. The molecular weight excluding hydrogens is 200 g/mol. The summed E-state index contributed by atoms with van der Waals surface area (Å²) < 4.78 is 15.3. The molecule has 0 aromatic carbocycles. The maximum Gasteiger partial charge on any atom is 0.109 e. The Morgan fingerprint density at radius 2 is 1.73 bits per heavy atom. The van der Waals surface area contributed by atoms with Crippen molar-refractivity contribution in [1.29, 1.82) is 0 Å². The van der Waals surface area contributed by atoms with Gasteiger partial charge in [0.1, 0.15) is 12.2 Å². The molecule has 0 aromatic heterocycles. The van der Waals surface area contributed by atoms with Crippen molar-refractivity contribution in [1.82, 2.24) is 0 Å². The van der Waals surface area contributed by atoms with Gasteiger partial charge in [-0.05, 0) is 13.8 Å². The van der Waals surface area contributed by atoms with Crippen LogP contribution >= 0.6 is 0 Å². The van der Waals surface area contributed by atoms with E-state index in [0.717, 1.165) is 0 Å². The van der Waals surface area contributed by atoms with Crippen molar-refractivity contribution in [2.75, 3.05) is 39.6 Å². The molecule has 0 aromatic rings. The number of hydrogen-bond donors (Lipinski definition) is 2. The van der Waals surface area contributed by atoms with Crippen LogP contribution in [-0.2, 0) is 14.2 Å². The molecule has 92 valence electrons. The van der Waals surface area contributed by atoms with Crippen molar-refractivity contribution in [3.05, 3.63) is 0 Å². The molecule has 2 unspecified atom stereocenters. The first-order valence-electron chi connectivity index (χ1n) is 5.32. The zero-order chi connectivity index (χ0) is 11.5. The molecule has 0 aliphatic carbocycles. The van der Waals surface area contributed by atoms with Crippen molar-refractivity contribution in [3.63, 3.8) is 0 Å². The lowest BCUT2D eigenvalue weighted by Gasteiger charge is -2.20. The lowest BCUT2D eigenvalue weighted by atomic mass is 10.2. The minimum atomic E-state index is -0.795. The van der Waals surface area contributed by atoms with E-state index in [0.29, 0.717) is 26.4 Å². The fourth-order valence-electron chi connectivity index (χ4n) is 1.07. The van der Waals surface area contributed by atoms with Gasteiger partial charge in [0.05, 0.1) is 26.4 Å². The molecule has 0 saturated carbocycles. The first-order chi connectivity index (χ1) is 7.26. The molecule has 15 heavy (non-hydrogen) atoms. The minimum Gasteiger partial charge on any atom is -0.394 e. The van der Waals surface area contributed by atoms with Crippen LogP contribution < -0.4 is 0 Å². The largest absolute Gasteiger partial charge is 0.394 e. The van der Waals surface area contributed by atoms with Crippen LogP contribution in [0.3, 0.4) is 0 Å². The molecule has 0 heterocycles. The van der Waals surface area contributed by atoms with Gasteiger partial charge in [-0.15, -0.1) is 0 Å². The minimum absolute atomic E-state index is 0.151. The number of ether oxygens (including phenoxy) is 3. The first-order valence-corrected chi connectivity index (χ1v) is 5.32. The zero-order valence-corrected chi connectivity index (χ0v) is 9.52. The molecule has 0 radical (unpaired) electrons. The summed E-state index contributed by atoms with van der Waals surface area (Å²) in [5.41, 5.74) is 0. The topological polar surface area (TPSA) is 68.2 Å². The van der Waals surface area contributed by atoms with E-state index in [4.69, 9.17) is 19.3 Å². The van der Waals surface area contributed by atoms with Crippen LogP contribution in [-0.4, -0.2) is 62.1 Å². The predicted molar refractivity (Wildman–Crippen MR) is 55.8 cm³/mol. The Kier molecular flexibility index (Phi) is 10.2. The molecule has 0 saturated heterocycles. The highest BCUT2D eigenvalue weighted by Gasteiger charge is 2.18. The molecule has 2 N–H and O–H groups in total. The summed E-state index contributed by atoms with van der Waals surface area (Å²) in [4.78, 5) is 0.